The third-order valence-electron chi connectivity index (χ3n) is 4.80. The summed E-state index contributed by atoms with van der Waals surface area (Å²) >= 11 is 0. The van der Waals surface area contributed by atoms with Crippen molar-refractivity contribution in [2.45, 2.75) is 32.3 Å². The molecule has 2 aromatic rings. The summed E-state index contributed by atoms with van der Waals surface area (Å²) in [6.07, 6.45) is 1.16. The number of aliphatic hydroxyl groups excluding tert-OH is 1. The quantitative estimate of drug-likeness (QED) is 0.517. The number of non-ortho nitro benzene ring substituents is 1. The Bertz CT molecular complexity index is 789. The molecule has 0 fully saturated rings. The summed E-state index contributed by atoms with van der Waals surface area (Å²) in [6, 6.07) is 12.8. The number of hydrogen-bond acceptors (Lipinski definition) is 5. The fourth-order valence-electron chi connectivity index (χ4n) is 3.05. The lowest BCUT2D eigenvalue weighted by atomic mass is 9.89. The van der Waals surface area contributed by atoms with Crippen molar-refractivity contribution in [1.82, 2.24) is 0 Å². The molecule has 2 rings (SSSR count). The van der Waals surface area contributed by atoms with Crippen LogP contribution in [0.2, 0.25) is 0 Å². The Balaban J connectivity index is 2.24. The van der Waals surface area contributed by atoms with Gasteiger partial charge in [0.25, 0.3) is 5.69 Å². The van der Waals surface area contributed by atoms with Gasteiger partial charge in [0.2, 0.25) is 5.91 Å². The molecule has 1 N–H and O–H groups in total. The standard InChI is InChI=1S/C21H26N2O5/c1-4-5-6-19(20(24)15-7-9-17(10-8-15)23(26)27)21(25)22(2)16-11-13-18(28-3)14-12-16/h7-14,19-20,24H,4-6H2,1-3H3/t19-,20-/m1/s1. The molecule has 0 unspecified atom stereocenters. The Morgan fingerprint density at radius 2 is 1.79 bits per heavy atom. The highest BCUT2D eigenvalue weighted by atomic mass is 16.6. The minimum absolute atomic E-state index is 0.0530. The molecule has 28 heavy (non-hydrogen) atoms. The molecule has 0 radical (unpaired) electrons. The number of anilines is 1. The van der Waals surface area contributed by atoms with Gasteiger partial charge in [0.15, 0.2) is 0 Å². The zero-order valence-electron chi connectivity index (χ0n) is 16.4. The van der Waals surface area contributed by atoms with Gasteiger partial charge in [-0.05, 0) is 48.4 Å². The van der Waals surface area contributed by atoms with Crippen LogP contribution >= 0.6 is 0 Å². The first-order valence-electron chi connectivity index (χ1n) is 9.23. The molecule has 2 aromatic carbocycles. The molecule has 0 saturated carbocycles. The summed E-state index contributed by atoms with van der Waals surface area (Å²) in [7, 11) is 3.25. The molecule has 7 heteroatoms. The molecule has 1 amide bonds. The van der Waals surface area contributed by atoms with Crippen LogP contribution in [0.5, 0.6) is 5.75 Å². The number of nitrogens with zero attached hydrogens (tertiary/aromatic N) is 2. The molecule has 0 aliphatic carbocycles. The fourth-order valence-corrected chi connectivity index (χ4v) is 3.05. The van der Waals surface area contributed by atoms with Gasteiger partial charge in [0.05, 0.1) is 24.1 Å². The second-order valence-electron chi connectivity index (χ2n) is 6.64. The molecule has 0 saturated heterocycles. The van der Waals surface area contributed by atoms with Gasteiger partial charge in [0, 0.05) is 24.9 Å². The van der Waals surface area contributed by atoms with Gasteiger partial charge in [0.1, 0.15) is 5.75 Å². The summed E-state index contributed by atoms with van der Waals surface area (Å²) in [4.78, 5) is 25.0. The maximum absolute atomic E-state index is 13.1. The zero-order chi connectivity index (χ0) is 20.7. The first kappa shape index (κ1) is 21.4. The predicted octanol–water partition coefficient (Wildman–Crippen LogP) is 4.11. The number of rotatable bonds is 9. The monoisotopic (exact) mass is 386 g/mol. The molecular formula is C21H26N2O5. The number of ether oxygens (including phenoxy) is 1. The average Bonchev–Trinajstić information content (AvgIpc) is 2.73. The zero-order valence-corrected chi connectivity index (χ0v) is 16.4. The molecular weight excluding hydrogens is 360 g/mol. The average molecular weight is 386 g/mol. The summed E-state index contributed by atoms with van der Waals surface area (Å²) in [5.74, 6) is -0.156. The Hall–Kier alpha value is -2.93. The normalized spacial score (nSPS) is 12.9. The molecule has 0 bridgehead atoms. The van der Waals surface area contributed by atoms with Crippen molar-refractivity contribution in [1.29, 1.82) is 0 Å². The van der Waals surface area contributed by atoms with E-state index in [1.54, 1.807) is 38.4 Å². The van der Waals surface area contributed by atoms with E-state index in [-0.39, 0.29) is 11.6 Å². The van der Waals surface area contributed by atoms with Gasteiger partial charge in [-0.3, -0.25) is 14.9 Å². The molecule has 0 aromatic heterocycles. The minimum atomic E-state index is -1.04. The van der Waals surface area contributed by atoms with Gasteiger partial charge in [-0.1, -0.05) is 19.8 Å². The van der Waals surface area contributed by atoms with Crippen molar-refractivity contribution < 1.29 is 19.6 Å². The van der Waals surface area contributed by atoms with Gasteiger partial charge in [-0.2, -0.15) is 0 Å². The van der Waals surface area contributed by atoms with Crippen LogP contribution in [-0.2, 0) is 4.79 Å². The van der Waals surface area contributed by atoms with Crippen molar-refractivity contribution in [3.63, 3.8) is 0 Å². The van der Waals surface area contributed by atoms with Crippen LogP contribution in [0.25, 0.3) is 0 Å². The number of aliphatic hydroxyl groups is 1. The predicted molar refractivity (Wildman–Crippen MR) is 107 cm³/mol. The summed E-state index contributed by atoms with van der Waals surface area (Å²) in [5, 5.41) is 21.7. The molecule has 0 aliphatic heterocycles. The smallest absolute Gasteiger partial charge is 0.269 e. The molecule has 2 atom stereocenters. The van der Waals surface area contributed by atoms with E-state index in [0.717, 1.165) is 12.8 Å². The number of amides is 1. The number of methoxy groups -OCH3 is 1. The van der Waals surface area contributed by atoms with E-state index in [1.807, 2.05) is 6.92 Å². The maximum Gasteiger partial charge on any atom is 0.269 e. The second kappa shape index (κ2) is 9.85. The third-order valence-corrected chi connectivity index (χ3v) is 4.80. The van der Waals surface area contributed by atoms with Crippen LogP contribution < -0.4 is 9.64 Å². The molecule has 0 heterocycles. The van der Waals surface area contributed by atoms with Crippen molar-refractivity contribution in [3.05, 3.63) is 64.2 Å². The first-order valence-corrected chi connectivity index (χ1v) is 9.23. The number of unbranched alkanes of at least 4 members (excludes halogenated alkanes) is 1. The van der Waals surface area contributed by atoms with E-state index in [1.165, 1.54) is 29.2 Å². The highest BCUT2D eigenvalue weighted by Gasteiger charge is 2.30. The number of carbonyl (C=O) groups excluding carboxylic acids is 1. The van der Waals surface area contributed by atoms with Gasteiger partial charge >= 0.3 is 0 Å². The molecule has 0 aliphatic rings. The Morgan fingerprint density at radius 3 is 2.29 bits per heavy atom. The van der Waals surface area contributed by atoms with Crippen LogP contribution in [-0.4, -0.2) is 30.1 Å². The van der Waals surface area contributed by atoms with E-state index in [4.69, 9.17) is 4.74 Å². The largest absolute Gasteiger partial charge is 0.497 e. The van der Waals surface area contributed by atoms with E-state index in [2.05, 4.69) is 0 Å². The summed E-state index contributed by atoms with van der Waals surface area (Å²) in [6.45, 7) is 2.02. The highest BCUT2D eigenvalue weighted by molar-refractivity contribution is 5.95. The lowest BCUT2D eigenvalue weighted by Crippen LogP contribution is -2.36. The van der Waals surface area contributed by atoms with Crippen molar-refractivity contribution in [2.75, 3.05) is 19.1 Å². The fraction of sp³-hybridized carbons (Fsp3) is 0.381. The summed E-state index contributed by atoms with van der Waals surface area (Å²) < 4.78 is 5.14. The molecule has 0 spiro atoms. The summed E-state index contributed by atoms with van der Waals surface area (Å²) in [5.41, 5.74) is 1.13. The van der Waals surface area contributed by atoms with Gasteiger partial charge in [-0.25, -0.2) is 0 Å². The minimum Gasteiger partial charge on any atom is -0.497 e. The maximum atomic E-state index is 13.1. The van der Waals surface area contributed by atoms with Crippen molar-refractivity contribution in [2.24, 2.45) is 5.92 Å². The third kappa shape index (κ3) is 5.07. The van der Waals surface area contributed by atoms with E-state index >= 15 is 0 Å². The molecule has 150 valence electrons. The first-order chi connectivity index (χ1) is 13.4. The van der Waals surface area contributed by atoms with E-state index in [9.17, 15) is 20.0 Å². The second-order valence-corrected chi connectivity index (χ2v) is 6.64. The highest BCUT2D eigenvalue weighted by Crippen LogP contribution is 2.31. The van der Waals surface area contributed by atoms with Crippen molar-refractivity contribution in [3.8, 4) is 5.75 Å². The van der Waals surface area contributed by atoms with Crippen LogP contribution in [0.15, 0.2) is 48.5 Å². The molecule has 7 nitrogen and oxygen atoms in total. The van der Waals surface area contributed by atoms with Crippen LogP contribution in [0.3, 0.4) is 0 Å². The number of carbonyl (C=O) groups is 1. The Morgan fingerprint density at radius 1 is 1.18 bits per heavy atom. The van der Waals surface area contributed by atoms with Gasteiger partial charge < -0.3 is 14.7 Å². The number of hydrogen-bond donors (Lipinski definition) is 1. The van der Waals surface area contributed by atoms with Crippen LogP contribution in [0, 0.1) is 16.0 Å². The Labute approximate surface area is 164 Å². The number of nitro groups is 1. The number of nitro benzene ring substituents is 1. The van der Waals surface area contributed by atoms with E-state index in [0.29, 0.717) is 23.4 Å². The SMILES string of the molecule is CCCC[C@@H](C(=O)N(C)c1ccc(OC)cc1)[C@H](O)c1ccc([N+](=O)[O-])cc1. The lowest BCUT2D eigenvalue weighted by Gasteiger charge is -2.27. The van der Waals surface area contributed by atoms with Gasteiger partial charge in [-0.15, -0.1) is 0 Å². The topological polar surface area (TPSA) is 92.9 Å². The number of benzene rings is 2. The van der Waals surface area contributed by atoms with Crippen LogP contribution in [0.1, 0.15) is 37.9 Å². The van der Waals surface area contributed by atoms with Crippen molar-refractivity contribution >= 4 is 17.3 Å². The van der Waals surface area contributed by atoms with E-state index < -0.39 is 16.9 Å². The lowest BCUT2D eigenvalue weighted by molar-refractivity contribution is -0.384. The Kier molecular flexibility index (Phi) is 7.52. The van der Waals surface area contributed by atoms with Crippen LogP contribution in [0.4, 0.5) is 11.4 Å².